The molecule has 0 aliphatic carbocycles. The van der Waals surface area contributed by atoms with Crippen molar-refractivity contribution in [2.24, 2.45) is 0 Å². The van der Waals surface area contributed by atoms with Crippen LogP contribution in [0.4, 0.5) is 0 Å². The summed E-state index contributed by atoms with van der Waals surface area (Å²) < 4.78 is 10.7. The number of carbonyl (C=O) groups excluding carboxylic acids is 3. The monoisotopic (exact) mass is 603 g/mol. The van der Waals surface area contributed by atoms with E-state index in [4.69, 9.17) is 14.6 Å². The van der Waals surface area contributed by atoms with Crippen molar-refractivity contribution in [2.75, 3.05) is 6.54 Å². The molecule has 0 saturated heterocycles. The van der Waals surface area contributed by atoms with Crippen LogP contribution in [0.25, 0.3) is 0 Å². The molecule has 1 aromatic carbocycles. The number of ether oxygens (including phenoxy) is 2. The summed E-state index contributed by atoms with van der Waals surface area (Å²) in [5.74, 6) is -1.44. The maximum absolute atomic E-state index is 13.1. The molecule has 0 atom stereocenters. The van der Waals surface area contributed by atoms with Gasteiger partial charge in [0.2, 0.25) is 5.91 Å². The number of unbranched alkanes of at least 4 members (excludes halogenated alkanes) is 11. The van der Waals surface area contributed by atoms with Crippen molar-refractivity contribution in [3.8, 4) is 0 Å². The summed E-state index contributed by atoms with van der Waals surface area (Å²) in [4.78, 5) is 49.9. The lowest BCUT2D eigenvalue weighted by molar-refractivity contribution is -0.156. The van der Waals surface area contributed by atoms with Crippen LogP contribution in [0.2, 0.25) is 0 Å². The molecule has 0 unspecified atom stereocenters. The molecule has 1 aromatic rings. The van der Waals surface area contributed by atoms with E-state index in [0.29, 0.717) is 19.4 Å². The van der Waals surface area contributed by atoms with Gasteiger partial charge in [-0.3, -0.25) is 14.4 Å². The van der Waals surface area contributed by atoms with Crippen molar-refractivity contribution in [1.82, 2.24) is 4.90 Å². The first kappa shape index (κ1) is 38.1. The van der Waals surface area contributed by atoms with Crippen LogP contribution in [-0.2, 0) is 30.4 Å². The summed E-state index contributed by atoms with van der Waals surface area (Å²) in [6.07, 6.45) is 14.4. The van der Waals surface area contributed by atoms with E-state index in [-0.39, 0.29) is 36.4 Å². The highest BCUT2D eigenvalue weighted by Gasteiger charge is 2.20. The summed E-state index contributed by atoms with van der Waals surface area (Å²) in [6, 6.07) is 6.49. The SMILES string of the molecule is CC(C)(C)OC(=O)CCCCCCCCCCCCCCC(=O)N(CCC(=O)OC(C)(C)C)Cc1ccc(C(=O)O)cc1. The number of esters is 2. The highest BCUT2D eigenvalue weighted by molar-refractivity contribution is 5.87. The number of carboxylic acids is 1. The third-order valence-corrected chi connectivity index (χ3v) is 6.87. The molecule has 1 amide bonds. The Kier molecular flexibility index (Phi) is 17.8. The lowest BCUT2D eigenvalue weighted by Crippen LogP contribution is -2.34. The molecule has 0 aliphatic rings. The van der Waals surface area contributed by atoms with E-state index >= 15 is 0 Å². The maximum Gasteiger partial charge on any atom is 0.335 e. The van der Waals surface area contributed by atoms with E-state index in [0.717, 1.165) is 37.7 Å². The van der Waals surface area contributed by atoms with Crippen LogP contribution in [0.5, 0.6) is 0 Å². The highest BCUT2D eigenvalue weighted by atomic mass is 16.6. The predicted octanol–water partition coefficient (Wildman–Crippen LogP) is 8.25. The fraction of sp³-hybridized carbons (Fsp3) is 0.714. The second-order valence-electron chi connectivity index (χ2n) is 13.5. The van der Waals surface area contributed by atoms with Crippen molar-refractivity contribution in [3.05, 3.63) is 35.4 Å². The summed E-state index contributed by atoms with van der Waals surface area (Å²) in [7, 11) is 0. The van der Waals surface area contributed by atoms with E-state index in [2.05, 4.69) is 0 Å². The minimum absolute atomic E-state index is 0.00281. The van der Waals surface area contributed by atoms with Crippen LogP contribution in [0.3, 0.4) is 0 Å². The van der Waals surface area contributed by atoms with E-state index in [9.17, 15) is 19.2 Å². The number of aromatic carboxylic acids is 1. The van der Waals surface area contributed by atoms with Crippen LogP contribution in [-0.4, -0.2) is 51.6 Å². The summed E-state index contributed by atoms with van der Waals surface area (Å²) in [5.41, 5.74) is 0.0372. The Morgan fingerprint density at radius 3 is 1.42 bits per heavy atom. The van der Waals surface area contributed by atoms with Gasteiger partial charge in [-0.25, -0.2) is 4.79 Å². The quantitative estimate of drug-likeness (QED) is 0.111. The molecule has 8 heteroatoms. The first-order valence-corrected chi connectivity index (χ1v) is 16.2. The molecular weight excluding hydrogens is 546 g/mol. The second-order valence-corrected chi connectivity index (χ2v) is 13.5. The van der Waals surface area contributed by atoms with E-state index in [1.54, 1.807) is 17.0 Å². The fourth-order valence-electron chi connectivity index (χ4n) is 4.75. The van der Waals surface area contributed by atoms with Gasteiger partial charge < -0.3 is 19.5 Å². The number of carbonyl (C=O) groups is 4. The average Bonchev–Trinajstić information content (AvgIpc) is 2.89. The largest absolute Gasteiger partial charge is 0.478 e. The van der Waals surface area contributed by atoms with Gasteiger partial charge in [-0.05, 0) is 72.1 Å². The number of nitrogens with zero attached hydrogens (tertiary/aromatic N) is 1. The van der Waals surface area contributed by atoms with Crippen LogP contribution in [0.1, 0.15) is 154 Å². The van der Waals surface area contributed by atoms with Gasteiger partial charge in [0.15, 0.2) is 0 Å². The Hall–Kier alpha value is -2.90. The molecule has 43 heavy (non-hydrogen) atoms. The highest BCUT2D eigenvalue weighted by Crippen LogP contribution is 2.16. The Morgan fingerprint density at radius 2 is 1.00 bits per heavy atom. The zero-order chi connectivity index (χ0) is 32.3. The number of benzene rings is 1. The molecule has 0 aliphatic heterocycles. The van der Waals surface area contributed by atoms with Gasteiger partial charge in [0.25, 0.3) is 0 Å². The predicted molar refractivity (Wildman–Crippen MR) is 170 cm³/mol. The van der Waals surface area contributed by atoms with Crippen molar-refractivity contribution < 1.29 is 33.8 Å². The number of carboxylic acid groups (broad SMARTS) is 1. The average molecular weight is 604 g/mol. The minimum Gasteiger partial charge on any atom is -0.478 e. The van der Waals surface area contributed by atoms with Gasteiger partial charge in [0, 0.05) is 25.9 Å². The normalized spacial score (nSPS) is 11.7. The number of hydrogen-bond donors (Lipinski definition) is 1. The summed E-state index contributed by atoms with van der Waals surface area (Å²) in [6.45, 7) is 11.7. The van der Waals surface area contributed by atoms with Gasteiger partial charge in [-0.15, -0.1) is 0 Å². The zero-order valence-corrected chi connectivity index (χ0v) is 27.7. The van der Waals surface area contributed by atoms with E-state index in [1.807, 2.05) is 41.5 Å². The van der Waals surface area contributed by atoms with Gasteiger partial charge in [-0.2, -0.15) is 0 Å². The molecule has 1 rings (SSSR count). The Bertz CT molecular complexity index is 973. The van der Waals surface area contributed by atoms with E-state index < -0.39 is 17.2 Å². The molecule has 1 N–H and O–H groups in total. The number of rotatable bonds is 21. The lowest BCUT2D eigenvalue weighted by Gasteiger charge is -2.24. The molecular formula is C35H57NO7. The topological polar surface area (TPSA) is 110 Å². The Labute approximate surface area is 259 Å². The number of amides is 1. The van der Waals surface area contributed by atoms with Crippen LogP contribution in [0, 0.1) is 0 Å². The number of hydrogen-bond acceptors (Lipinski definition) is 6. The standard InChI is InChI=1S/C35H57NO7/c1-34(2,3)42-31(38)20-18-16-14-12-10-8-7-9-11-13-15-17-19-30(37)36(26-25-32(39)43-35(4,5)6)27-28-21-23-29(24-22-28)33(40)41/h21-24H,7-20,25-27H2,1-6H3,(H,40,41). The molecule has 0 spiro atoms. The molecule has 0 bridgehead atoms. The van der Waals surface area contributed by atoms with Crippen molar-refractivity contribution in [1.29, 1.82) is 0 Å². The molecule has 0 radical (unpaired) electrons. The smallest absolute Gasteiger partial charge is 0.335 e. The van der Waals surface area contributed by atoms with Crippen LogP contribution >= 0.6 is 0 Å². The fourth-order valence-corrected chi connectivity index (χ4v) is 4.75. The Balaban J connectivity index is 2.26. The molecule has 0 saturated carbocycles. The zero-order valence-electron chi connectivity index (χ0n) is 27.7. The minimum atomic E-state index is -0.992. The lowest BCUT2D eigenvalue weighted by atomic mass is 10.0. The van der Waals surface area contributed by atoms with Gasteiger partial charge in [-0.1, -0.05) is 76.3 Å². The maximum atomic E-state index is 13.1. The van der Waals surface area contributed by atoms with Crippen molar-refractivity contribution in [3.63, 3.8) is 0 Å². The third-order valence-electron chi connectivity index (χ3n) is 6.87. The van der Waals surface area contributed by atoms with Gasteiger partial charge >= 0.3 is 17.9 Å². The molecule has 8 nitrogen and oxygen atoms in total. The van der Waals surface area contributed by atoms with Crippen LogP contribution < -0.4 is 0 Å². The third kappa shape index (κ3) is 20.6. The first-order chi connectivity index (χ1) is 20.2. The van der Waals surface area contributed by atoms with Crippen molar-refractivity contribution >= 4 is 23.8 Å². The molecule has 0 heterocycles. The van der Waals surface area contributed by atoms with E-state index in [1.165, 1.54) is 57.1 Å². The summed E-state index contributed by atoms with van der Waals surface area (Å²) >= 11 is 0. The van der Waals surface area contributed by atoms with Crippen LogP contribution in [0.15, 0.2) is 24.3 Å². The summed E-state index contributed by atoms with van der Waals surface area (Å²) in [5, 5.41) is 9.14. The second kappa shape index (κ2) is 20.1. The Morgan fingerprint density at radius 1 is 0.605 bits per heavy atom. The molecule has 0 fully saturated rings. The van der Waals surface area contributed by atoms with Gasteiger partial charge in [0.1, 0.15) is 11.2 Å². The first-order valence-electron chi connectivity index (χ1n) is 16.2. The van der Waals surface area contributed by atoms with Crippen molar-refractivity contribution in [2.45, 2.75) is 156 Å². The van der Waals surface area contributed by atoms with Gasteiger partial charge in [0.05, 0.1) is 12.0 Å². The molecule has 0 aromatic heterocycles. The molecule has 244 valence electrons.